The van der Waals surface area contributed by atoms with E-state index in [4.69, 9.17) is 10.5 Å². The minimum Gasteiger partial charge on any atom is -0.492 e. The monoisotopic (exact) mass is 297 g/mol. The number of ether oxygens (including phenoxy) is 2. The van der Waals surface area contributed by atoms with Gasteiger partial charge in [0.15, 0.2) is 0 Å². The molecule has 6 heteroatoms. The highest BCUT2D eigenvalue weighted by atomic mass is 19.3. The minimum absolute atomic E-state index is 0.0164. The summed E-state index contributed by atoms with van der Waals surface area (Å²) in [5.41, 5.74) is 6.34. The zero-order valence-electron chi connectivity index (χ0n) is 11.0. The molecular weight excluding hydrogens is 283 g/mol. The van der Waals surface area contributed by atoms with E-state index < -0.39 is 12.7 Å². The van der Waals surface area contributed by atoms with E-state index in [1.54, 1.807) is 18.2 Å². The smallest absolute Gasteiger partial charge is 0.387 e. The summed E-state index contributed by atoms with van der Waals surface area (Å²) in [6.45, 7) is -2.87. The predicted molar refractivity (Wildman–Crippen MR) is 71.9 cm³/mol. The van der Waals surface area contributed by atoms with E-state index in [1.165, 1.54) is 30.3 Å². The first-order chi connectivity index (χ1) is 10.1. The Bertz CT molecular complexity index is 575. The molecule has 1 atom stereocenters. The van der Waals surface area contributed by atoms with Gasteiger partial charge in [-0.25, -0.2) is 4.39 Å². The quantitative estimate of drug-likeness (QED) is 0.887. The Labute approximate surface area is 120 Å². The number of halogens is 3. The summed E-state index contributed by atoms with van der Waals surface area (Å²) in [5.74, 6) is 0.0872. The van der Waals surface area contributed by atoms with Crippen molar-refractivity contribution in [3.05, 3.63) is 59.9 Å². The number of nitrogens with two attached hydrogens (primary N) is 1. The molecular formula is C15H14F3NO2. The van der Waals surface area contributed by atoms with Crippen molar-refractivity contribution in [1.29, 1.82) is 0 Å². The van der Waals surface area contributed by atoms with E-state index in [0.29, 0.717) is 11.3 Å². The lowest BCUT2D eigenvalue weighted by Crippen LogP contribution is -2.20. The maximum atomic E-state index is 12.8. The molecule has 0 amide bonds. The number of rotatable bonds is 6. The first-order valence-electron chi connectivity index (χ1n) is 6.24. The maximum absolute atomic E-state index is 12.8. The molecule has 0 bridgehead atoms. The summed E-state index contributed by atoms with van der Waals surface area (Å²) in [6.07, 6.45) is 0. The molecule has 112 valence electrons. The van der Waals surface area contributed by atoms with Gasteiger partial charge in [-0.3, -0.25) is 0 Å². The van der Waals surface area contributed by atoms with Gasteiger partial charge in [0, 0.05) is 5.56 Å². The molecule has 0 radical (unpaired) electrons. The van der Waals surface area contributed by atoms with Crippen molar-refractivity contribution in [2.24, 2.45) is 5.73 Å². The lowest BCUT2D eigenvalue weighted by Gasteiger charge is -2.17. The van der Waals surface area contributed by atoms with Crippen LogP contribution in [0.25, 0.3) is 0 Å². The van der Waals surface area contributed by atoms with Gasteiger partial charge in [-0.1, -0.05) is 18.2 Å². The first kappa shape index (κ1) is 15.2. The first-order valence-corrected chi connectivity index (χ1v) is 6.24. The molecule has 0 aromatic heterocycles. The molecule has 0 heterocycles. The Hall–Kier alpha value is -2.21. The van der Waals surface area contributed by atoms with E-state index in [9.17, 15) is 13.2 Å². The Kier molecular flexibility index (Phi) is 5.05. The highest BCUT2D eigenvalue weighted by molar-refractivity contribution is 5.36. The van der Waals surface area contributed by atoms with Crippen molar-refractivity contribution in [2.75, 3.05) is 6.61 Å². The average Bonchev–Trinajstić information content (AvgIpc) is 2.46. The molecule has 21 heavy (non-hydrogen) atoms. The molecule has 2 N–H and O–H groups in total. The van der Waals surface area contributed by atoms with Crippen LogP contribution in [0.2, 0.25) is 0 Å². The third kappa shape index (κ3) is 4.39. The summed E-state index contributed by atoms with van der Waals surface area (Å²) < 4.78 is 47.2. The number of alkyl halides is 2. The third-order valence-corrected chi connectivity index (χ3v) is 2.78. The fourth-order valence-electron chi connectivity index (χ4n) is 1.80. The SMILES string of the molecule is NC(COc1ccc(F)cc1)c1ccccc1OC(F)F. The van der Waals surface area contributed by atoms with E-state index >= 15 is 0 Å². The maximum Gasteiger partial charge on any atom is 0.387 e. The van der Waals surface area contributed by atoms with Gasteiger partial charge in [0.05, 0.1) is 6.04 Å². The third-order valence-electron chi connectivity index (χ3n) is 2.78. The highest BCUT2D eigenvalue weighted by Crippen LogP contribution is 2.26. The van der Waals surface area contributed by atoms with E-state index in [0.717, 1.165) is 0 Å². The number of benzene rings is 2. The Morgan fingerprint density at radius 2 is 1.67 bits per heavy atom. The van der Waals surface area contributed by atoms with Crippen LogP contribution in [-0.2, 0) is 0 Å². The summed E-state index contributed by atoms with van der Waals surface area (Å²) in [4.78, 5) is 0. The average molecular weight is 297 g/mol. The topological polar surface area (TPSA) is 44.5 Å². The van der Waals surface area contributed by atoms with Crippen LogP contribution < -0.4 is 15.2 Å². The second kappa shape index (κ2) is 6.99. The minimum atomic E-state index is -2.92. The van der Waals surface area contributed by atoms with Crippen LogP contribution in [0.5, 0.6) is 11.5 Å². The Morgan fingerprint density at radius 1 is 1.00 bits per heavy atom. The van der Waals surface area contributed by atoms with E-state index in [2.05, 4.69) is 4.74 Å². The van der Waals surface area contributed by atoms with Crippen molar-refractivity contribution in [1.82, 2.24) is 0 Å². The molecule has 3 nitrogen and oxygen atoms in total. The van der Waals surface area contributed by atoms with Gasteiger partial charge in [0.1, 0.15) is 23.9 Å². The summed E-state index contributed by atoms with van der Waals surface area (Å²) in [5, 5.41) is 0. The van der Waals surface area contributed by atoms with Crippen molar-refractivity contribution in [3.63, 3.8) is 0 Å². The normalized spacial score (nSPS) is 12.2. The zero-order chi connectivity index (χ0) is 15.2. The molecule has 0 saturated heterocycles. The standard InChI is InChI=1S/C15H14F3NO2/c16-10-5-7-11(8-6-10)20-9-13(19)12-3-1-2-4-14(12)21-15(17)18/h1-8,13,15H,9,19H2. The largest absolute Gasteiger partial charge is 0.492 e. The lowest BCUT2D eigenvalue weighted by molar-refractivity contribution is -0.0507. The van der Waals surface area contributed by atoms with Crippen LogP contribution in [-0.4, -0.2) is 13.2 Å². The second-order valence-electron chi connectivity index (χ2n) is 4.29. The second-order valence-corrected chi connectivity index (χ2v) is 4.29. The van der Waals surface area contributed by atoms with Gasteiger partial charge in [0.25, 0.3) is 0 Å². The summed E-state index contributed by atoms with van der Waals surface area (Å²) in [6, 6.07) is 11.1. The highest BCUT2D eigenvalue weighted by Gasteiger charge is 2.15. The lowest BCUT2D eigenvalue weighted by atomic mass is 10.1. The van der Waals surface area contributed by atoms with Gasteiger partial charge in [0.2, 0.25) is 0 Å². The van der Waals surface area contributed by atoms with Gasteiger partial charge in [-0.05, 0) is 30.3 Å². The molecule has 2 aromatic carbocycles. The van der Waals surface area contributed by atoms with Crippen LogP contribution in [0.1, 0.15) is 11.6 Å². The van der Waals surface area contributed by atoms with Gasteiger partial charge in [-0.15, -0.1) is 0 Å². The summed E-state index contributed by atoms with van der Waals surface area (Å²) >= 11 is 0. The Balaban J connectivity index is 2.03. The van der Waals surface area contributed by atoms with Crippen molar-refractivity contribution in [2.45, 2.75) is 12.7 Å². The number of hydrogen-bond acceptors (Lipinski definition) is 3. The molecule has 2 aromatic rings. The van der Waals surface area contributed by atoms with Crippen LogP contribution in [0.4, 0.5) is 13.2 Å². The molecule has 0 saturated carbocycles. The number of para-hydroxylation sites is 1. The van der Waals surface area contributed by atoms with Crippen LogP contribution in [0, 0.1) is 5.82 Å². The van der Waals surface area contributed by atoms with Gasteiger partial charge >= 0.3 is 6.61 Å². The van der Waals surface area contributed by atoms with Crippen molar-refractivity contribution >= 4 is 0 Å². The molecule has 0 aliphatic rings. The fraction of sp³-hybridized carbons (Fsp3) is 0.200. The van der Waals surface area contributed by atoms with Crippen LogP contribution >= 0.6 is 0 Å². The van der Waals surface area contributed by atoms with Crippen molar-refractivity contribution in [3.8, 4) is 11.5 Å². The van der Waals surface area contributed by atoms with Crippen molar-refractivity contribution < 1.29 is 22.6 Å². The molecule has 0 spiro atoms. The molecule has 0 fully saturated rings. The van der Waals surface area contributed by atoms with Crippen LogP contribution in [0.15, 0.2) is 48.5 Å². The number of hydrogen-bond donors (Lipinski definition) is 1. The molecule has 0 aliphatic heterocycles. The molecule has 1 unspecified atom stereocenters. The van der Waals surface area contributed by atoms with E-state index in [-0.39, 0.29) is 18.2 Å². The Morgan fingerprint density at radius 3 is 2.33 bits per heavy atom. The molecule has 0 aliphatic carbocycles. The summed E-state index contributed by atoms with van der Waals surface area (Å²) in [7, 11) is 0. The van der Waals surface area contributed by atoms with Crippen LogP contribution in [0.3, 0.4) is 0 Å². The fourth-order valence-corrected chi connectivity index (χ4v) is 1.80. The molecule has 2 rings (SSSR count). The van der Waals surface area contributed by atoms with E-state index in [1.807, 2.05) is 0 Å². The van der Waals surface area contributed by atoms with Gasteiger partial charge < -0.3 is 15.2 Å². The zero-order valence-corrected chi connectivity index (χ0v) is 11.0. The van der Waals surface area contributed by atoms with Gasteiger partial charge in [-0.2, -0.15) is 8.78 Å². The predicted octanol–water partition coefficient (Wildman–Crippen LogP) is 3.51.